The average Bonchev–Trinajstić information content (AvgIpc) is 3.30. The van der Waals surface area contributed by atoms with E-state index in [0.717, 1.165) is 31.6 Å². The van der Waals surface area contributed by atoms with E-state index in [2.05, 4.69) is 40.3 Å². The second-order valence-corrected chi connectivity index (χ2v) is 9.59. The van der Waals surface area contributed by atoms with E-state index < -0.39 is 10.0 Å². The number of benzene rings is 2. The number of H-pyrrole nitrogens is 1. The summed E-state index contributed by atoms with van der Waals surface area (Å²) in [7, 11) is -0.252. The van der Waals surface area contributed by atoms with E-state index in [1.165, 1.54) is 20.8 Å². The minimum absolute atomic E-state index is 0.368. The van der Waals surface area contributed by atoms with E-state index in [4.69, 9.17) is 0 Å². The Morgan fingerprint density at radius 3 is 2.78 bits per heavy atom. The van der Waals surface area contributed by atoms with Gasteiger partial charge in [-0.2, -0.15) is 0 Å². The zero-order valence-electron chi connectivity index (χ0n) is 15.7. The number of hydrogen-bond donors (Lipinski definition) is 1. The molecule has 1 atom stereocenters. The molecule has 1 unspecified atom stereocenters. The molecule has 4 rings (SSSR count). The van der Waals surface area contributed by atoms with Gasteiger partial charge in [0, 0.05) is 44.3 Å². The van der Waals surface area contributed by atoms with Crippen molar-refractivity contribution in [1.82, 2.24) is 14.2 Å². The number of para-hydroxylation sites is 1. The van der Waals surface area contributed by atoms with E-state index in [1.54, 1.807) is 20.2 Å². The summed E-state index contributed by atoms with van der Waals surface area (Å²) in [6.07, 6.45) is 3.15. The van der Waals surface area contributed by atoms with Gasteiger partial charge in [0.2, 0.25) is 10.0 Å². The predicted molar refractivity (Wildman–Crippen MR) is 108 cm³/mol. The Labute approximate surface area is 160 Å². The van der Waals surface area contributed by atoms with Crippen LogP contribution in [-0.2, 0) is 16.6 Å². The van der Waals surface area contributed by atoms with Crippen molar-refractivity contribution in [3.8, 4) is 0 Å². The number of fused-ring (bicyclic) bond motifs is 1. The quantitative estimate of drug-likeness (QED) is 0.735. The summed E-state index contributed by atoms with van der Waals surface area (Å²) >= 11 is 0. The van der Waals surface area contributed by atoms with Crippen LogP contribution >= 0.6 is 0 Å². The minimum atomic E-state index is -3.39. The van der Waals surface area contributed by atoms with Crippen LogP contribution in [0, 0.1) is 0 Å². The lowest BCUT2D eigenvalue weighted by Crippen LogP contribution is -2.22. The molecule has 1 aromatic heterocycles. The second-order valence-electron chi connectivity index (χ2n) is 7.44. The highest BCUT2D eigenvalue weighted by atomic mass is 32.2. The lowest BCUT2D eigenvalue weighted by atomic mass is 9.99. The number of rotatable bonds is 5. The van der Waals surface area contributed by atoms with Gasteiger partial charge in [-0.1, -0.05) is 30.3 Å². The standard InChI is InChI=1S/C21H25N3O2S/c1-23(2)27(25,26)19-7-5-6-16(12-19)17-10-11-24(14-17)15-18-13-22-21-9-4-3-8-20(18)21/h3-9,12-13,17,22H,10-11,14-15H2,1-2H3. The number of aromatic nitrogens is 1. The lowest BCUT2D eigenvalue weighted by molar-refractivity contribution is 0.328. The fourth-order valence-electron chi connectivity index (χ4n) is 3.89. The fraction of sp³-hybridized carbons (Fsp3) is 0.333. The molecule has 27 heavy (non-hydrogen) atoms. The van der Waals surface area contributed by atoms with Crippen LogP contribution in [0.5, 0.6) is 0 Å². The first kappa shape index (κ1) is 18.2. The van der Waals surface area contributed by atoms with Crippen molar-refractivity contribution in [3.63, 3.8) is 0 Å². The highest BCUT2D eigenvalue weighted by molar-refractivity contribution is 7.89. The summed E-state index contributed by atoms with van der Waals surface area (Å²) in [5, 5.41) is 1.28. The highest BCUT2D eigenvalue weighted by Crippen LogP contribution is 2.31. The first-order chi connectivity index (χ1) is 12.9. The molecule has 1 N–H and O–H groups in total. The third-order valence-corrected chi connectivity index (χ3v) is 7.26. The number of sulfonamides is 1. The molecule has 0 radical (unpaired) electrons. The van der Waals surface area contributed by atoms with Crippen LogP contribution in [0.1, 0.15) is 23.5 Å². The van der Waals surface area contributed by atoms with Gasteiger partial charge in [-0.05, 0) is 48.2 Å². The van der Waals surface area contributed by atoms with Crippen LogP contribution in [0.3, 0.4) is 0 Å². The fourth-order valence-corrected chi connectivity index (χ4v) is 4.85. The SMILES string of the molecule is CN(C)S(=O)(=O)c1cccc(C2CCN(Cc3c[nH]c4ccccc34)C2)c1. The molecule has 0 amide bonds. The zero-order chi connectivity index (χ0) is 19.0. The molecule has 1 fully saturated rings. The topological polar surface area (TPSA) is 56.4 Å². The summed E-state index contributed by atoms with van der Waals surface area (Å²) in [5.74, 6) is 0.368. The molecule has 0 bridgehead atoms. The maximum absolute atomic E-state index is 12.4. The summed E-state index contributed by atoms with van der Waals surface area (Å²) in [6, 6.07) is 15.8. The van der Waals surface area contributed by atoms with Gasteiger partial charge in [0.05, 0.1) is 4.90 Å². The molecule has 6 heteroatoms. The summed E-state index contributed by atoms with van der Waals surface area (Å²) in [5.41, 5.74) is 3.60. The molecule has 0 spiro atoms. The number of nitrogens with one attached hydrogen (secondary N) is 1. The van der Waals surface area contributed by atoms with Crippen LogP contribution in [-0.4, -0.2) is 49.8 Å². The van der Waals surface area contributed by atoms with Gasteiger partial charge in [0.15, 0.2) is 0 Å². The summed E-state index contributed by atoms with van der Waals surface area (Å²) in [6.45, 7) is 2.88. The molecule has 1 aliphatic heterocycles. The van der Waals surface area contributed by atoms with Crippen molar-refractivity contribution in [1.29, 1.82) is 0 Å². The first-order valence-electron chi connectivity index (χ1n) is 9.25. The van der Waals surface area contributed by atoms with Crippen molar-refractivity contribution in [3.05, 3.63) is 65.9 Å². The molecule has 0 aliphatic carbocycles. The van der Waals surface area contributed by atoms with Gasteiger partial charge in [-0.3, -0.25) is 4.90 Å². The van der Waals surface area contributed by atoms with E-state index in [9.17, 15) is 8.42 Å². The molecule has 5 nitrogen and oxygen atoms in total. The minimum Gasteiger partial charge on any atom is -0.361 e. The Balaban J connectivity index is 1.50. The van der Waals surface area contributed by atoms with Gasteiger partial charge in [0.25, 0.3) is 0 Å². The van der Waals surface area contributed by atoms with Gasteiger partial charge >= 0.3 is 0 Å². The molecule has 2 aromatic carbocycles. The zero-order valence-corrected chi connectivity index (χ0v) is 16.5. The monoisotopic (exact) mass is 383 g/mol. The average molecular weight is 384 g/mol. The molecular weight excluding hydrogens is 358 g/mol. The normalized spacial score (nSPS) is 18.6. The third kappa shape index (κ3) is 3.52. The maximum atomic E-state index is 12.4. The smallest absolute Gasteiger partial charge is 0.242 e. The Hall–Kier alpha value is -2.15. The van der Waals surface area contributed by atoms with Crippen LogP contribution < -0.4 is 0 Å². The number of hydrogen-bond acceptors (Lipinski definition) is 3. The molecule has 1 saturated heterocycles. The Bertz CT molecular complexity index is 1060. The Morgan fingerprint density at radius 1 is 1.15 bits per heavy atom. The van der Waals surface area contributed by atoms with Crippen molar-refractivity contribution in [2.45, 2.75) is 23.8 Å². The molecule has 0 saturated carbocycles. The number of aromatic amines is 1. The summed E-state index contributed by atoms with van der Waals surface area (Å²) < 4.78 is 26.1. The van der Waals surface area contributed by atoms with E-state index >= 15 is 0 Å². The Morgan fingerprint density at radius 2 is 1.96 bits per heavy atom. The first-order valence-corrected chi connectivity index (χ1v) is 10.7. The van der Waals surface area contributed by atoms with Gasteiger partial charge < -0.3 is 4.98 Å². The van der Waals surface area contributed by atoms with Gasteiger partial charge in [0.1, 0.15) is 0 Å². The van der Waals surface area contributed by atoms with E-state index in [0.29, 0.717) is 10.8 Å². The summed E-state index contributed by atoms with van der Waals surface area (Å²) in [4.78, 5) is 6.17. The van der Waals surface area contributed by atoms with Crippen molar-refractivity contribution < 1.29 is 8.42 Å². The third-order valence-electron chi connectivity index (χ3n) is 5.45. The van der Waals surface area contributed by atoms with Crippen LogP contribution in [0.25, 0.3) is 10.9 Å². The van der Waals surface area contributed by atoms with Crippen molar-refractivity contribution in [2.24, 2.45) is 0 Å². The number of nitrogens with zero attached hydrogens (tertiary/aromatic N) is 2. The van der Waals surface area contributed by atoms with E-state index in [-0.39, 0.29) is 0 Å². The molecule has 2 heterocycles. The molecular formula is C21H25N3O2S. The van der Waals surface area contributed by atoms with E-state index in [1.807, 2.05) is 18.2 Å². The van der Waals surface area contributed by atoms with Crippen LogP contribution in [0.2, 0.25) is 0 Å². The number of likely N-dealkylation sites (tertiary alicyclic amines) is 1. The Kier molecular flexibility index (Phi) is 4.80. The largest absolute Gasteiger partial charge is 0.361 e. The lowest BCUT2D eigenvalue weighted by Gasteiger charge is -2.17. The highest BCUT2D eigenvalue weighted by Gasteiger charge is 2.26. The maximum Gasteiger partial charge on any atom is 0.242 e. The van der Waals surface area contributed by atoms with Crippen LogP contribution in [0.15, 0.2) is 59.6 Å². The second kappa shape index (κ2) is 7.11. The predicted octanol–water partition coefficient (Wildman–Crippen LogP) is 3.41. The molecule has 3 aromatic rings. The van der Waals surface area contributed by atoms with Crippen molar-refractivity contribution in [2.75, 3.05) is 27.2 Å². The van der Waals surface area contributed by atoms with Gasteiger partial charge in [-0.15, -0.1) is 0 Å². The van der Waals surface area contributed by atoms with Crippen LogP contribution in [0.4, 0.5) is 0 Å². The van der Waals surface area contributed by atoms with Gasteiger partial charge in [-0.25, -0.2) is 12.7 Å². The molecule has 1 aliphatic rings. The molecule has 142 valence electrons. The van der Waals surface area contributed by atoms with Crippen molar-refractivity contribution >= 4 is 20.9 Å².